The Bertz CT molecular complexity index is 786. The third-order valence-electron chi connectivity index (χ3n) is 4.47. The van der Waals surface area contributed by atoms with Crippen molar-refractivity contribution in [3.05, 3.63) is 35.7 Å². The van der Waals surface area contributed by atoms with Crippen molar-refractivity contribution < 1.29 is 9.53 Å². The molecule has 1 saturated heterocycles. The van der Waals surface area contributed by atoms with Gasteiger partial charge in [-0.3, -0.25) is 9.78 Å². The second-order valence-corrected chi connectivity index (χ2v) is 6.58. The summed E-state index contributed by atoms with van der Waals surface area (Å²) in [7, 11) is 0. The number of nitrogens with zero attached hydrogens (tertiary/aromatic N) is 4. The van der Waals surface area contributed by atoms with E-state index in [0.29, 0.717) is 23.8 Å². The van der Waals surface area contributed by atoms with E-state index in [0.717, 1.165) is 30.9 Å². The molecule has 2 aliphatic rings. The van der Waals surface area contributed by atoms with Gasteiger partial charge in [0, 0.05) is 31.4 Å². The number of carbonyl (C=O) groups excluding carboxylic acids is 1. The van der Waals surface area contributed by atoms with Crippen molar-refractivity contribution in [2.45, 2.75) is 32.5 Å². The molecule has 2 aliphatic heterocycles. The van der Waals surface area contributed by atoms with Crippen molar-refractivity contribution in [3.63, 3.8) is 0 Å². The van der Waals surface area contributed by atoms with Crippen molar-refractivity contribution in [1.29, 1.82) is 0 Å². The highest BCUT2D eigenvalue weighted by Crippen LogP contribution is 2.29. The first-order valence-electron chi connectivity index (χ1n) is 8.62. The Morgan fingerprint density at radius 1 is 1.20 bits per heavy atom. The largest absolute Gasteiger partial charge is 0.372 e. The Morgan fingerprint density at radius 3 is 2.72 bits per heavy atom. The van der Waals surface area contributed by atoms with Gasteiger partial charge in [0.15, 0.2) is 5.82 Å². The van der Waals surface area contributed by atoms with Crippen LogP contribution in [0.5, 0.6) is 0 Å². The number of pyridine rings is 1. The summed E-state index contributed by atoms with van der Waals surface area (Å²) in [4.78, 5) is 28.2. The van der Waals surface area contributed by atoms with Crippen LogP contribution in [-0.4, -0.2) is 52.7 Å². The predicted octanol–water partition coefficient (Wildman–Crippen LogP) is 1.44. The van der Waals surface area contributed by atoms with Gasteiger partial charge < -0.3 is 15.0 Å². The molecule has 1 amide bonds. The number of nitrogens with one attached hydrogen (secondary N) is 1. The van der Waals surface area contributed by atoms with E-state index in [9.17, 15) is 4.79 Å². The Labute approximate surface area is 146 Å². The quantitative estimate of drug-likeness (QED) is 0.892. The average Bonchev–Trinajstić information content (AvgIpc) is 2.61. The molecule has 7 heteroatoms. The van der Waals surface area contributed by atoms with Gasteiger partial charge in [-0.15, -0.1) is 0 Å². The van der Waals surface area contributed by atoms with E-state index in [1.165, 1.54) is 0 Å². The van der Waals surface area contributed by atoms with Gasteiger partial charge in [0.1, 0.15) is 17.2 Å². The maximum Gasteiger partial charge on any atom is 0.270 e. The maximum atomic E-state index is 12.4. The lowest BCUT2D eigenvalue weighted by Gasteiger charge is -2.37. The van der Waals surface area contributed by atoms with Gasteiger partial charge >= 0.3 is 0 Å². The third-order valence-corrected chi connectivity index (χ3v) is 4.47. The van der Waals surface area contributed by atoms with Crippen molar-refractivity contribution in [1.82, 2.24) is 20.3 Å². The fourth-order valence-electron chi connectivity index (χ4n) is 3.50. The molecule has 130 valence electrons. The van der Waals surface area contributed by atoms with Crippen LogP contribution in [0.15, 0.2) is 24.4 Å². The molecule has 2 atom stereocenters. The normalized spacial score (nSPS) is 23.1. The van der Waals surface area contributed by atoms with Crippen molar-refractivity contribution >= 4 is 11.7 Å². The van der Waals surface area contributed by atoms with Crippen LogP contribution < -0.4 is 10.2 Å². The Balaban J connectivity index is 1.84. The van der Waals surface area contributed by atoms with Gasteiger partial charge in [0.25, 0.3) is 5.91 Å². The summed E-state index contributed by atoms with van der Waals surface area (Å²) >= 11 is 0. The standard InChI is InChI=1S/C18H21N5O2/c1-11-9-23(10-12(2)25-11)17-13-6-8-20-18(24)15(13)21-16(22-17)14-5-3-4-7-19-14/h3-5,7,11-12H,6,8-10H2,1-2H3,(H,20,24)/t11-,12+. The number of ether oxygens (including phenoxy) is 1. The second kappa shape index (κ2) is 6.40. The minimum atomic E-state index is -0.142. The van der Waals surface area contributed by atoms with E-state index < -0.39 is 0 Å². The fourth-order valence-corrected chi connectivity index (χ4v) is 3.50. The summed E-state index contributed by atoms with van der Waals surface area (Å²) in [6.07, 6.45) is 2.67. The summed E-state index contributed by atoms with van der Waals surface area (Å²) in [5, 5.41) is 2.87. The minimum absolute atomic E-state index is 0.116. The van der Waals surface area contributed by atoms with E-state index >= 15 is 0 Å². The molecule has 0 bridgehead atoms. The van der Waals surface area contributed by atoms with Crippen LogP contribution in [0.2, 0.25) is 0 Å². The van der Waals surface area contributed by atoms with Crippen LogP contribution >= 0.6 is 0 Å². The molecular weight excluding hydrogens is 318 g/mol. The van der Waals surface area contributed by atoms with E-state index in [1.807, 2.05) is 18.2 Å². The zero-order valence-electron chi connectivity index (χ0n) is 14.4. The lowest BCUT2D eigenvalue weighted by Crippen LogP contribution is -2.47. The molecular formula is C18H21N5O2. The lowest BCUT2D eigenvalue weighted by molar-refractivity contribution is -0.00551. The van der Waals surface area contributed by atoms with Crippen LogP contribution in [0.3, 0.4) is 0 Å². The molecule has 0 saturated carbocycles. The minimum Gasteiger partial charge on any atom is -0.372 e. The number of anilines is 1. The molecule has 2 aromatic heterocycles. The van der Waals surface area contributed by atoms with Crippen LogP contribution in [0.1, 0.15) is 29.9 Å². The summed E-state index contributed by atoms with van der Waals surface area (Å²) in [5.41, 5.74) is 2.05. The highest BCUT2D eigenvalue weighted by atomic mass is 16.5. The topological polar surface area (TPSA) is 80.2 Å². The van der Waals surface area contributed by atoms with Gasteiger partial charge in [-0.25, -0.2) is 9.97 Å². The number of aromatic nitrogens is 3. The van der Waals surface area contributed by atoms with Gasteiger partial charge in [0.05, 0.1) is 12.2 Å². The van der Waals surface area contributed by atoms with Crippen LogP contribution in [0.4, 0.5) is 5.82 Å². The second-order valence-electron chi connectivity index (χ2n) is 6.58. The summed E-state index contributed by atoms with van der Waals surface area (Å²) in [5.74, 6) is 1.18. The molecule has 1 fully saturated rings. The smallest absolute Gasteiger partial charge is 0.270 e. The number of rotatable bonds is 2. The first-order chi connectivity index (χ1) is 12.1. The van der Waals surface area contributed by atoms with Crippen LogP contribution in [0, 0.1) is 0 Å². The molecule has 7 nitrogen and oxygen atoms in total. The van der Waals surface area contributed by atoms with E-state index in [2.05, 4.69) is 34.0 Å². The molecule has 0 unspecified atom stereocenters. The zero-order valence-corrected chi connectivity index (χ0v) is 14.4. The molecule has 0 spiro atoms. The summed E-state index contributed by atoms with van der Waals surface area (Å²) in [6.45, 7) is 6.22. The SMILES string of the molecule is C[C@@H]1CN(c2nc(-c3ccccn3)nc3c2CCNC3=O)C[C@H](C)O1. The highest BCUT2D eigenvalue weighted by Gasteiger charge is 2.30. The predicted molar refractivity (Wildman–Crippen MR) is 93.5 cm³/mol. The van der Waals surface area contributed by atoms with Gasteiger partial charge in [-0.1, -0.05) is 6.07 Å². The summed E-state index contributed by atoms with van der Waals surface area (Å²) < 4.78 is 5.84. The molecule has 0 radical (unpaired) electrons. The van der Waals surface area contributed by atoms with E-state index in [1.54, 1.807) is 6.20 Å². The van der Waals surface area contributed by atoms with Crippen molar-refractivity contribution in [2.24, 2.45) is 0 Å². The molecule has 4 rings (SSSR count). The lowest BCUT2D eigenvalue weighted by atomic mass is 10.0. The number of amides is 1. The van der Waals surface area contributed by atoms with Crippen LogP contribution in [-0.2, 0) is 11.2 Å². The van der Waals surface area contributed by atoms with Crippen LogP contribution in [0.25, 0.3) is 11.5 Å². The van der Waals surface area contributed by atoms with Gasteiger partial charge in [0.2, 0.25) is 0 Å². The molecule has 4 heterocycles. The van der Waals surface area contributed by atoms with E-state index in [-0.39, 0.29) is 18.1 Å². The molecule has 2 aromatic rings. The highest BCUT2D eigenvalue weighted by molar-refractivity contribution is 5.96. The molecule has 1 N–H and O–H groups in total. The number of hydrogen-bond donors (Lipinski definition) is 1. The Kier molecular flexibility index (Phi) is 4.09. The summed E-state index contributed by atoms with van der Waals surface area (Å²) in [6, 6.07) is 5.60. The average molecular weight is 339 g/mol. The van der Waals surface area contributed by atoms with Gasteiger partial charge in [-0.2, -0.15) is 0 Å². The molecule has 0 aliphatic carbocycles. The van der Waals surface area contributed by atoms with Crippen molar-refractivity contribution in [3.8, 4) is 11.5 Å². The Hall–Kier alpha value is -2.54. The first kappa shape index (κ1) is 16.0. The zero-order chi connectivity index (χ0) is 17.4. The molecule has 25 heavy (non-hydrogen) atoms. The Morgan fingerprint density at radius 2 is 2.00 bits per heavy atom. The third kappa shape index (κ3) is 3.07. The first-order valence-corrected chi connectivity index (χ1v) is 8.62. The number of fused-ring (bicyclic) bond motifs is 1. The maximum absolute atomic E-state index is 12.4. The van der Waals surface area contributed by atoms with E-state index in [4.69, 9.17) is 9.72 Å². The number of hydrogen-bond acceptors (Lipinski definition) is 6. The monoisotopic (exact) mass is 339 g/mol. The fraction of sp³-hybridized carbons (Fsp3) is 0.444. The molecule has 0 aromatic carbocycles. The number of carbonyl (C=O) groups is 1. The van der Waals surface area contributed by atoms with Crippen molar-refractivity contribution in [2.75, 3.05) is 24.5 Å². The number of morpholine rings is 1. The van der Waals surface area contributed by atoms with Gasteiger partial charge in [-0.05, 0) is 32.4 Å².